The molecule has 1 aliphatic heterocycles. The first-order chi connectivity index (χ1) is 10.7. The number of aliphatic hydroxyl groups excluding tert-OH is 1. The van der Waals surface area contributed by atoms with Gasteiger partial charge in [-0.15, -0.1) is 0 Å². The number of likely N-dealkylation sites (tertiary alicyclic amines) is 1. The third-order valence-corrected chi connectivity index (χ3v) is 9.37. The van der Waals surface area contributed by atoms with Crippen LogP contribution in [-0.4, -0.2) is 55.3 Å². The average Bonchev–Trinajstić information content (AvgIpc) is 2.77. The highest BCUT2D eigenvalue weighted by atomic mass is 28.4. The normalized spacial score (nSPS) is 22.6. The molecule has 1 fully saturated rings. The van der Waals surface area contributed by atoms with E-state index >= 15 is 0 Å². The van der Waals surface area contributed by atoms with E-state index in [-0.39, 0.29) is 29.9 Å². The molecule has 1 amide bonds. The zero-order valence-electron chi connectivity index (χ0n) is 16.6. The van der Waals surface area contributed by atoms with Crippen LogP contribution in [0.5, 0.6) is 0 Å². The van der Waals surface area contributed by atoms with Gasteiger partial charge in [-0.1, -0.05) is 27.4 Å². The topological polar surface area (TPSA) is 59.0 Å². The summed E-state index contributed by atoms with van der Waals surface area (Å²) in [7, 11) is -1.93. The van der Waals surface area contributed by atoms with E-state index in [0.29, 0.717) is 18.5 Å². The van der Waals surface area contributed by atoms with Gasteiger partial charge in [-0.05, 0) is 50.9 Å². The second kappa shape index (κ2) is 7.18. The Morgan fingerprint density at radius 1 is 1.25 bits per heavy atom. The molecular formula is C18H35NO4Si. The van der Waals surface area contributed by atoms with Crippen molar-refractivity contribution in [1.82, 2.24) is 4.90 Å². The predicted molar refractivity (Wildman–Crippen MR) is 99.6 cm³/mol. The van der Waals surface area contributed by atoms with Crippen LogP contribution in [0.3, 0.4) is 0 Å². The van der Waals surface area contributed by atoms with Crippen molar-refractivity contribution in [1.29, 1.82) is 0 Å². The van der Waals surface area contributed by atoms with Crippen molar-refractivity contribution in [3.63, 3.8) is 0 Å². The molecular weight excluding hydrogens is 322 g/mol. The minimum absolute atomic E-state index is 0.0493. The molecule has 1 rings (SSSR count). The molecule has 0 radical (unpaired) electrons. The maximum atomic E-state index is 12.5. The number of rotatable bonds is 4. The Hall–Kier alpha value is -0.853. The molecule has 0 aromatic heterocycles. The Bertz CT molecular complexity index is 476. The van der Waals surface area contributed by atoms with E-state index in [4.69, 9.17) is 9.16 Å². The second-order valence-electron chi connectivity index (χ2n) is 9.20. The van der Waals surface area contributed by atoms with Crippen molar-refractivity contribution in [2.75, 3.05) is 13.2 Å². The predicted octanol–water partition coefficient (Wildman–Crippen LogP) is 3.93. The standard InChI is InChI=1S/C18H35NO4Si/c1-13(12-20)15-10-14(23-24(8,9)18(5,6)7)11-19(15)16(21)22-17(2,3)4/h14-15,20H,1,10-12H2,2-9H3/t14-,15+/m1/s1. The van der Waals surface area contributed by atoms with E-state index in [0.717, 1.165) is 0 Å². The van der Waals surface area contributed by atoms with Gasteiger partial charge in [-0.25, -0.2) is 4.79 Å². The molecule has 0 bridgehead atoms. The molecule has 0 unspecified atom stereocenters. The Balaban J connectivity index is 2.92. The molecule has 1 saturated heterocycles. The molecule has 1 N–H and O–H groups in total. The third-order valence-electron chi connectivity index (χ3n) is 4.83. The van der Waals surface area contributed by atoms with Crippen LogP contribution >= 0.6 is 0 Å². The van der Waals surface area contributed by atoms with Crippen molar-refractivity contribution in [2.24, 2.45) is 0 Å². The number of hydrogen-bond acceptors (Lipinski definition) is 4. The molecule has 0 spiro atoms. The molecule has 0 aromatic rings. The molecule has 0 aliphatic carbocycles. The van der Waals surface area contributed by atoms with Crippen LogP contribution in [-0.2, 0) is 9.16 Å². The number of hydrogen-bond donors (Lipinski definition) is 1. The van der Waals surface area contributed by atoms with Crippen LogP contribution < -0.4 is 0 Å². The summed E-state index contributed by atoms with van der Waals surface area (Å²) in [6, 6.07) is -0.236. The number of aliphatic hydroxyl groups is 1. The SMILES string of the molecule is C=C(CO)[C@@H]1C[C@@H](O[Si](C)(C)C(C)(C)C)CN1C(=O)OC(C)(C)C. The number of carbonyl (C=O) groups is 1. The highest BCUT2D eigenvalue weighted by Gasteiger charge is 2.44. The van der Waals surface area contributed by atoms with Crippen molar-refractivity contribution < 1.29 is 19.1 Å². The van der Waals surface area contributed by atoms with Crippen LogP contribution in [0.15, 0.2) is 12.2 Å². The maximum Gasteiger partial charge on any atom is 0.410 e. The number of carbonyl (C=O) groups excluding carboxylic acids is 1. The first-order valence-corrected chi connectivity index (χ1v) is 11.5. The highest BCUT2D eigenvalue weighted by molar-refractivity contribution is 6.74. The van der Waals surface area contributed by atoms with E-state index in [1.165, 1.54) is 0 Å². The molecule has 5 nitrogen and oxygen atoms in total. The Labute approximate surface area is 148 Å². The number of amides is 1. The van der Waals surface area contributed by atoms with E-state index in [1.54, 1.807) is 4.90 Å². The Morgan fingerprint density at radius 3 is 2.21 bits per heavy atom. The minimum atomic E-state index is -1.93. The zero-order chi connectivity index (χ0) is 18.9. The van der Waals surface area contributed by atoms with Gasteiger partial charge in [0.2, 0.25) is 0 Å². The fraction of sp³-hybridized carbons (Fsp3) is 0.833. The summed E-state index contributed by atoms with van der Waals surface area (Å²) >= 11 is 0. The van der Waals surface area contributed by atoms with Gasteiger partial charge in [0.15, 0.2) is 8.32 Å². The van der Waals surface area contributed by atoms with Crippen molar-refractivity contribution in [3.05, 3.63) is 12.2 Å². The van der Waals surface area contributed by atoms with Crippen LogP contribution in [0.25, 0.3) is 0 Å². The molecule has 2 atom stereocenters. The first kappa shape index (κ1) is 21.2. The molecule has 1 aliphatic rings. The first-order valence-electron chi connectivity index (χ1n) is 8.64. The summed E-state index contributed by atoms with van der Waals surface area (Å²) in [5.74, 6) is 0. The quantitative estimate of drug-likeness (QED) is 0.612. The summed E-state index contributed by atoms with van der Waals surface area (Å²) in [6.45, 7) is 20.8. The van der Waals surface area contributed by atoms with Gasteiger partial charge in [0.25, 0.3) is 0 Å². The minimum Gasteiger partial charge on any atom is -0.444 e. The lowest BCUT2D eigenvalue weighted by Gasteiger charge is -2.38. The second-order valence-corrected chi connectivity index (χ2v) is 14.0. The summed E-state index contributed by atoms with van der Waals surface area (Å²) in [6.07, 6.45) is 0.237. The molecule has 0 saturated carbocycles. The lowest BCUT2D eigenvalue weighted by molar-refractivity contribution is 0.0226. The summed E-state index contributed by atoms with van der Waals surface area (Å²) in [4.78, 5) is 14.2. The van der Waals surface area contributed by atoms with Crippen LogP contribution in [0.2, 0.25) is 18.1 Å². The van der Waals surface area contributed by atoms with Gasteiger partial charge >= 0.3 is 6.09 Å². The van der Waals surface area contributed by atoms with Crippen molar-refractivity contribution in [3.8, 4) is 0 Å². The fourth-order valence-corrected chi connectivity index (χ4v) is 3.85. The highest BCUT2D eigenvalue weighted by Crippen LogP contribution is 2.39. The molecule has 0 aromatic carbocycles. The summed E-state index contributed by atoms with van der Waals surface area (Å²) in [5.41, 5.74) is 0.0720. The molecule has 1 heterocycles. The third kappa shape index (κ3) is 5.33. The summed E-state index contributed by atoms with van der Waals surface area (Å²) in [5, 5.41) is 9.57. The van der Waals surface area contributed by atoms with E-state index in [1.807, 2.05) is 20.8 Å². The van der Waals surface area contributed by atoms with Gasteiger partial charge in [-0.2, -0.15) is 0 Å². The van der Waals surface area contributed by atoms with Gasteiger partial charge in [0.05, 0.1) is 18.8 Å². The smallest absolute Gasteiger partial charge is 0.410 e. The van der Waals surface area contributed by atoms with Gasteiger partial charge in [-0.3, -0.25) is 4.90 Å². The largest absolute Gasteiger partial charge is 0.444 e. The number of nitrogens with zero attached hydrogens (tertiary/aromatic N) is 1. The number of ether oxygens (including phenoxy) is 1. The summed E-state index contributed by atoms with van der Waals surface area (Å²) < 4.78 is 12.0. The van der Waals surface area contributed by atoms with Gasteiger partial charge < -0.3 is 14.3 Å². The molecule has 140 valence electrons. The average molecular weight is 358 g/mol. The van der Waals surface area contributed by atoms with Crippen LogP contribution in [0, 0.1) is 0 Å². The van der Waals surface area contributed by atoms with E-state index in [9.17, 15) is 9.90 Å². The monoisotopic (exact) mass is 357 g/mol. The van der Waals surface area contributed by atoms with Crippen LogP contribution in [0.1, 0.15) is 48.0 Å². The lowest BCUT2D eigenvalue weighted by Crippen LogP contribution is -2.45. The van der Waals surface area contributed by atoms with Gasteiger partial charge in [0, 0.05) is 6.54 Å². The van der Waals surface area contributed by atoms with Crippen molar-refractivity contribution >= 4 is 14.4 Å². The molecule has 6 heteroatoms. The lowest BCUT2D eigenvalue weighted by atomic mass is 10.1. The Morgan fingerprint density at radius 2 is 1.79 bits per heavy atom. The van der Waals surface area contributed by atoms with Crippen molar-refractivity contribution in [2.45, 2.75) is 83.8 Å². The fourth-order valence-electron chi connectivity index (χ4n) is 2.49. The van der Waals surface area contributed by atoms with Gasteiger partial charge in [0.1, 0.15) is 5.60 Å². The zero-order valence-corrected chi connectivity index (χ0v) is 17.6. The maximum absolute atomic E-state index is 12.5. The Kier molecular flexibility index (Phi) is 6.34. The van der Waals surface area contributed by atoms with E-state index in [2.05, 4.69) is 40.4 Å². The molecule has 24 heavy (non-hydrogen) atoms. The van der Waals surface area contributed by atoms with E-state index < -0.39 is 13.9 Å². The van der Waals surface area contributed by atoms with Crippen LogP contribution in [0.4, 0.5) is 4.79 Å².